The molecule has 1 aromatic carbocycles. The second-order valence-electron chi connectivity index (χ2n) is 7.05. The van der Waals surface area contributed by atoms with Gasteiger partial charge in [0.05, 0.1) is 22.4 Å². The van der Waals surface area contributed by atoms with Crippen molar-refractivity contribution < 1.29 is 4.79 Å². The molecule has 1 aliphatic heterocycles. The van der Waals surface area contributed by atoms with Gasteiger partial charge in [0.25, 0.3) is 5.91 Å². The maximum Gasteiger partial charge on any atom is 0.253 e. The predicted molar refractivity (Wildman–Crippen MR) is 87.9 cm³/mol. The summed E-state index contributed by atoms with van der Waals surface area (Å²) < 4.78 is 0. The van der Waals surface area contributed by atoms with Crippen LogP contribution in [0.15, 0.2) is 18.2 Å². The van der Waals surface area contributed by atoms with Crippen LogP contribution in [0.3, 0.4) is 0 Å². The molecule has 1 aromatic heterocycles. The van der Waals surface area contributed by atoms with E-state index < -0.39 is 0 Å². The van der Waals surface area contributed by atoms with E-state index in [1.54, 1.807) is 0 Å². The summed E-state index contributed by atoms with van der Waals surface area (Å²) in [6, 6.07) is 5.64. The van der Waals surface area contributed by atoms with Crippen molar-refractivity contribution in [1.82, 2.24) is 14.9 Å². The number of carbonyl (C=O) groups excluding carboxylic acids is 1. The molecule has 1 amide bonds. The molecule has 4 heteroatoms. The number of aromatic nitrogens is 2. The minimum absolute atomic E-state index is 0.109. The first kappa shape index (κ1) is 14.9. The summed E-state index contributed by atoms with van der Waals surface area (Å²) in [4.78, 5) is 23.7. The molecule has 0 N–H and O–H groups in total. The molecule has 22 heavy (non-hydrogen) atoms. The van der Waals surface area contributed by atoms with Gasteiger partial charge in [0.15, 0.2) is 0 Å². The van der Waals surface area contributed by atoms with Gasteiger partial charge < -0.3 is 4.90 Å². The van der Waals surface area contributed by atoms with Crippen LogP contribution in [-0.4, -0.2) is 33.9 Å². The number of aryl methyl sites for hydroxylation is 2. The summed E-state index contributed by atoms with van der Waals surface area (Å²) in [6.07, 6.45) is 2.12. The topological polar surface area (TPSA) is 46.1 Å². The van der Waals surface area contributed by atoms with Crippen LogP contribution in [0.5, 0.6) is 0 Å². The Morgan fingerprint density at radius 3 is 2.27 bits per heavy atom. The maximum atomic E-state index is 12.7. The predicted octanol–water partition coefficient (Wildman–Crippen LogP) is 3.51. The summed E-state index contributed by atoms with van der Waals surface area (Å²) in [5, 5.41) is 0. The van der Waals surface area contributed by atoms with E-state index in [4.69, 9.17) is 0 Å². The van der Waals surface area contributed by atoms with Gasteiger partial charge in [-0.05, 0) is 50.3 Å². The number of piperidine rings is 1. The van der Waals surface area contributed by atoms with Crippen LogP contribution in [0.1, 0.15) is 48.4 Å². The number of nitrogens with zero attached hydrogens (tertiary/aromatic N) is 3. The molecular formula is C18H23N3O. The zero-order valence-corrected chi connectivity index (χ0v) is 13.8. The van der Waals surface area contributed by atoms with Crippen LogP contribution in [0.2, 0.25) is 0 Å². The van der Waals surface area contributed by atoms with Gasteiger partial charge in [0.2, 0.25) is 0 Å². The van der Waals surface area contributed by atoms with Crippen LogP contribution < -0.4 is 0 Å². The summed E-state index contributed by atoms with van der Waals surface area (Å²) in [7, 11) is 0. The van der Waals surface area contributed by atoms with E-state index in [0.717, 1.165) is 48.4 Å². The SMILES string of the molecule is Cc1nc2ccc(C(=O)N3CCC(C)(C)CC3)cc2nc1C. The van der Waals surface area contributed by atoms with Gasteiger partial charge in [-0.15, -0.1) is 0 Å². The number of amides is 1. The Morgan fingerprint density at radius 2 is 1.64 bits per heavy atom. The zero-order chi connectivity index (χ0) is 15.9. The summed E-state index contributed by atoms with van der Waals surface area (Å²) in [5.41, 5.74) is 4.55. The molecule has 0 saturated carbocycles. The van der Waals surface area contributed by atoms with Crippen LogP contribution in [0.4, 0.5) is 0 Å². The molecule has 3 rings (SSSR count). The molecule has 1 aliphatic rings. The average Bonchev–Trinajstić information content (AvgIpc) is 2.47. The van der Waals surface area contributed by atoms with Gasteiger partial charge in [0.1, 0.15) is 0 Å². The highest BCUT2D eigenvalue weighted by Crippen LogP contribution is 2.30. The molecule has 0 spiro atoms. The van der Waals surface area contributed by atoms with Gasteiger partial charge >= 0.3 is 0 Å². The molecule has 4 nitrogen and oxygen atoms in total. The van der Waals surface area contributed by atoms with Crippen molar-refractivity contribution in [3.8, 4) is 0 Å². The molecule has 0 bridgehead atoms. The Morgan fingerprint density at radius 1 is 1.05 bits per heavy atom. The second kappa shape index (κ2) is 5.34. The van der Waals surface area contributed by atoms with Crippen molar-refractivity contribution in [3.63, 3.8) is 0 Å². The van der Waals surface area contributed by atoms with E-state index in [1.807, 2.05) is 36.9 Å². The van der Waals surface area contributed by atoms with Gasteiger partial charge in [-0.1, -0.05) is 13.8 Å². The largest absolute Gasteiger partial charge is 0.339 e. The number of hydrogen-bond donors (Lipinski definition) is 0. The van der Waals surface area contributed by atoms with E-state index >= 15 is 0 Å². The van der Waals surface area contributed by atoms with Crippen molar-refractivity contribution in [2.45, 2.75) is 40.5 Å². The fourth-order valence-electron chi connectivity index (χ4n) is 2.86. The Kier molecular flexibility index (Phi) is 3.63. The molecule has 1 fully saturated rings. The molecule has 2 heterocycles. The molecule has 116 valence electrons. The first-order chi connectivity index (χ1) is 10.4. The third kappa shape index (κ3) is 2.82. The number of benzene rings is 1. The summed E-state index contributed by atoms with van der Waals surface area (Å²) >= 11 is 0. The standard InChI is InChI=1S/C18H23N3O/c1-12-13(2)20-16-11-14(5-6-15(16)19-12)17(22)21-9-7-18(3,4)8-10-21/h5-6,11H,7-10H2,1-4H3. The molecule has 0 radical (unpaired) electrons. The minimum atomic E-state index is 0.109. The normalized spacial score (nSPS) is 17.7. The number of carbonyl (C=O) groups is 1. The van der Waals surface area contributed by atoms with Crippen molar-refractivity contribution in [1.29, 1.82) is 0 Å². The van der Waals surface area contributed by atoms with Crippen LogP contribution in [0, 0.1) is 19.3 Å². The third-order valence-corrected chi connectivity index (χ3v) is 4.73. The average molecular weight is 297 g/mol. The minimum Gasteiger partial charge on any atom is -0.339 e. The number of rotatable bonds is 1. The lowest BCUT2D eigenvalue weighted by Gasteiger charge is -2.36. The molecule has 1 saturated heterocycles. The fourth-order valence-corrected chi connectivity index (χ4v) is 2.86. The first-order valence-corrected chi connectivity index (χ1v) is 7.90. The van der Waals surface area contributed by atoms with Crippen molar-refractivity contribution in [3.05, 3.63) is 35.2 Å². The summed E-state index contributed by atoms with van der Waals surface area (Å²) in [6.45, 7) is 10.1. The number of likely N-dealkylation sites (tertiary alicyclic amines) is 1. The highest BCUT2D eigenvalue weighted by molar-refractivity contribution is 5.97. The van der Waals surface area contributed by atoms with E-state index in [0.29, 0.717) is 11.0 Å². The lowest BCUT2D eigenvalue weighted by atomic mass is 9.82. The van der Waals surface area contributed by atoms with Gasteiger partial charge in [-0.2, -0.15) is 0 Å². The second-order valence-corrected chi connectivity index (χ2v) is 7.05. The highest BCUT2D eigenvalue weighted by atomic mass is 16.2. The molecule has 2 aromatic rings. The third-order valence-electron chi connectivity index (χ3n) is 4.73. The van der Waals surface area contributed by atoms with Gasteiger partial charge in [-0.3, -0.25) is 4.79 Å². The lowest BCUT2D eigenvalue weighted by molar-refractivity contribution is 0.0630. The lowest BCUT2D eigenvalue weighted by Crippen LogP contribution is -2.41. The van der Waals surface area contributed by atoms with Gasteiger partial charge in [0, 0.05) is 18.7 Å². The quantitative estimate of drug-likeness (QED) is 0.809. The fraction of sp³-hybridized carbons (Fsp3) is 0.500. The number of hydrogen-bond acceptors (Lipinski definition) is 3. The van der Waals surface area contributed by atoms with Crippen molar-refractivity contribution in [2.75, 3.05) is 13.1 Å². The van der Waals surface area contributed by atoms with E-state index in [2.05, 4.69) is 23.8 Å². The monoisotopic (exact) mass is 297 g/mol. The van der Waals surface area contributed by atoms with Crippen molar-refractivity contribution in [2.24, 2.45) is 5.41 Å². The smallest absolute Gasteiger partial charge is 0.253 e. The van der Waals surface area contributed by atoms with Crippen molar-refractivity contribution >= 4 is 16.9 Å². The first-order valence-electron chi connectivity index (χ1n) is 7.90. The van der Waals surface area contributed by atoms with E-state index in [-0.39, 0.29) is 5.91 Å². The Hall–Kier alpha value is -1.97. The highest BCUT2D eigenvalue weighted by Gasteiger charge is 2.28. The Labute approximate surface area is 131 Å². The van der Waals surface area contributed by atoms with Crippen LogP contribution in [-0.2, 0) is 0 Å². The molecule has 0 atom stereocenters. The van der Waals surface area contributed by atoms with Crippen LogP contribution in [0.25, 0.3) is 11.0 Å². The maximum absolute atomic E-state index is 12.7. The number of fused-ring (bicyclic) bond motifs is 1. The molecule has 0 aliphatic carbocycles. The van der Waals surface area contributed by atoms with Gasteiger partial charge in [-0.25, -0.2) is 9.97 Å². The Balaban J connectivity index is 1.87. The Bertz CT molecular complexity index is 726. The zero-order valence-electron chi connectivity index (χ0n) is 13.8. The van der Waals surface area contributed by atoms with E-state index in [1.165, 1.54) is 0 Å². The molecule has 0 unspecified atom stereocenters. The molecular weight excluding hydrogens is 274 g/mol. The van der Waals surface area contributed by atoms with E-state index in [9.17, 15) is 4.79 Å². The summed E-state index contributed by atoms with van der Waals surface area (Å²) in [5.74, 6) is 0.109. The van der Waals surface area contributed by atoms with Crippen LogP contribution >= 0.6 is 0 Å².